The predicted octanol–water partition coefficient (Wildman–Crippen LogP) is 4.51. The molecule has 92 valence electrons. The van der Waals surface area contributed by atoms with Gasteiger partial charge in [0.25, 0.3) is 0 Å². The summed E-state index contributed by atoms with van der Waals surface area (Å²) in [6.45, 7) is 18.8. The summed E-state index contributed by atoms with van der Waals surface area (Å²) < 4.78 is 6.03. The van der Waals surface area contributed by atoms with Gasteiger partial charge in [-0.15, -0.1) is 0 Å². The molecule has 0 aliphatic heterocycles. The molecule has 0 saturated carbocycles. The van der Waals surface area contributed by atoms with E-state index in [2.05, 4.69) is 55.4 Å². The molecule has 0 aliphatic carbocycles. The molecule has 1 atom stereocenters. The minimum Gasteiger partial charge on any atom is -0.375 e. The quantitative estimate of drug-likeness (QED) is 0.654. The summed E-state index contributed by atoms with van der Waals surface area (Å²) in [7, 11) is 0. The van der Waals surface area contributed by atoms with Gasteiger partial charge in [0.2, 0.25) is 0 Å². The fraction of sp³-hybridized carbons (Fsp3) is 1.00. The monoisotopic (exact) mass is 214 g/mol. The maximum absolute atomic E-state index is 6.03. The molecular formula is C14H30O. The lowest BCUT2D eigenvalue weighted by atomic mass is 9.83. The average Bonchev–Trinajstić information content (AvgIpc) is 1.95. The zero-order valence-electron chi connectivity index (χ0n) is 12.0. The van der Waals surface area contributed by atoms with E-state index in [1.807, 2.05) is 0 Å². The Morgan fingerprint density at radius 3 is 1.73 bits per heavy atom. The Hall–Kier alpha value is -0.0400. The third-order valence-corrected chi connectivity index (χ3v) is 2.83. The Morgan fingerprint density at radius 1 is 0.933 bits per heavy atom. The van der Waals surface area contributed by atoms with Crippen molar-refractivity contribution in [2.24, 2.45) is 17.3 Å². The second kappa shape index (κ2) is 5.34. The van der Waals surface area contributed by atoms with Gasteiger partial charge in [0, 0.05) is 0 Å². The molecule has 0 fully saturated rings. The SMILES string of the molecule is CC(C)C(C)COC(C)(C)CC(C)(C)C. The van der Waals surface area contributed by atoms with Crippen molar-refractivity contribution in [3.8, 4) is 0 Å². The van der Waals surface area contributed by atoms with Crippen molar-refractivity contribution in [3.05, 3.63) is 0 Å². The van der Waals surface area contributed by atoms with Crippen molar-refractivity contribution < 1.29 is 4.74 Å². The Balaban J connectivity index is 4.04. The van der Waals surface area contributed by atoms with Crippen molar-refractivity contribution in [2.75, 3.05) is 6.61 Å². The summed E-state index contributed by atoms with van der Waals surface area (Å²) in [6.07, 6.45) is 1.10. The zero-order valence-corrected chi connectivity index (χ0v) is 12.0. The average molecular weight is 214 g/mol. The fourth-order valence-corrected chi connectivity index (χ4v) is 1.88. The fourth-order valence-electron chi connectivity index (χ4n) is 1.88. The van der Waals surface area contributed by atoms with Crippen molar-refractivity contribution in [1.29, 1.82) is 0 Å². The van der Waals surface area contributed by atoms with Crippen LogP contribution in [-0.4, -0.2) is 12.2 Å². The number of rotatable bonds is 5. The normalized spacial score (nSPS) is 15.8. The van der Waals surface area contributed by atoms with Gasteiger partial charge in [-0.25, -0.2) is 0 Å². The summed E-state index contributed by atoms with van der Waals surface area (Å²) in [5, 5.41) is 0. The smallest absolute Gasteiger partial charge is 0.0631 e. The lowest BCUT2D eigenvalue weighted by molar-refractivity contribution is -0.0610. The van der Waals surface area contributed by atoms with Crippen LogP contribution in [0.25, 0.3) is 0 Å². The molecule has 0 rings (SSSR count). The van der Waals surface area contributed by atoms with Gasteiger partial charge >= 0.3 is 0 Å². The molecule has 0 aromatic heterocycles. The lowest BCUT2D eigenvalue weighted by Gasteiger charge is -2.34. The van der Waals surface area contributed by atoms with Gasteiger partial charge in [0.15, 0.2) is 0 Å². The first-order valence-corrected chi connectivity index (χ1v) is 6.17. The first-order valence-electron chi connectivity index (χ1n) is 6.17. The molecular weight excluding hydrogens is 184 g/mol. The molecule has 1 unspecified atom stereocenters. The highest BCUT2D eigenvalue weighted by atomic mass is 16.5. The van der Waals surface area contributed by atoms with E-state index in [-0.39, 0.29) is 5.60 Å². The molecule has 15 heavy (non-hydrogen) atoms. The van der Waals surface area contributed by atoms with E-state index in [1.54, 1.807) is 0 Å². The molecule has 0 spiro atoms. The van der Waals surface area contributed by atoms with Crippen LogP contribution in [0.1, 0.15) is 61.8 Å². The summed E-state index contributed by atoms with van der Waals surface area (Å²) >= 11 is 0. The summed E-state index contributed by atoms with van der Waals surface area (Å²) in [5.74, 6) is 1.35. The zero-order chi connectivity index (χ0) is 12.3. The summed E-state index contributed by atoms with van der Waals surface area (Å²) in [4.78, 5) is 0. The standard InChI is InChI=1S/C14H30O/c1-11(2)12(3)9-15-14(7,8)10-13(4,5)6/h11-12H,9-10H2,1-8H3. The van der Waals surface area contributed by atoms with Crippen molar-refractivity contribution in [3.63, 3.8) is 0 Å². The predicted molar refractivity (Wildman–Crippen MR) is 68.1 cm³/mol. The first-order chi connectivity index (χ1) is 6.53. The van der Waals surface area contributed by atoms with E-state index in [1.165, 1.54) is 0 Å². The molecule has 0 amide bonds. The molecule has 1 heteroatoms. The van der Waals surface area contributed by atoms with Crippen molar-refractivity contribution in [2.45, 2.75) is 67.4 Å². The van der Waals surface area contributed by atoms with E-state index in [9.17, 15) is 0 Å². The van der Waals surface area contributed by atoms with Crippen LogP contribution in [0.5, 0.6) is 0 Å². The maximum Gasteiger partial charge on any atom is 0.0631 e. The third kappa shape index (κ3) is 7.84. The van der Waals surface area contributed by atoms with Crippen LogP contribution < -0.4 is 0 Å². The Bertz CT molecular complexity index is 174. The molecule has 0 aromatic carbocycles. The molecule has 0 radical (unpaired) electrons. The molecule has 1 nitrogen and oxygen atoms in total. The van der Waals surface area contributed by atoms with E-state index in [0.29, 0.717) is 17.3 Å². The Morgan fingerprint density at radius 2 is 1.40 bits per heavy atom. The van der Waals surface area contributed by atoms with Crippen LogP contribution in [0.3, 0.4) is 0 Å². The van der Waals surface area contributed by atoms with Gasteiger partial charge in [0.1, 0.15) is 0 Å². The van der Waals surface area contributed by atoms with Gasteiger partial charge in [-0.2, -0.15) is 0 Å². The van der Waals surface area contributed by atoms with Gasteiger partial charge in [-0.1, -0.05) is 41.5 Å². The van der Waals surface area contributed by atoms with Crippen molar-refractivity contribution in [1.82, 2.24) is 0 Å². The largest absolute Gasteiger partial charge is 0.375 e. The van der Waals surface area contributed by atoms with E-state index >= 15 is 0 Å². The number of hydrogen-bond acceptors (Lipinski definition) is 1. The molecule has 0 N–H and O–H groups in total. The number of hydrogen-bond donors (Lipinski definition) is 0. The van der Waals surface area contributed by atoms with Crippen LogP contribution in [-0.2, 0) is 4.74 Å². The van der Waals surface area contributed by atoms with E-state index in [4.69, 9.17) is 4.74 Å². The second-order valence-corrected chi connectivity index (χ2v) is 7.03. The van der Waals surface area contributed by atoms with Gasteiger partial charge in [-0.3, -0.25) is 0 Å². The first kappa shape index (κ1) is 15.0. The highest BCUT2D eigenvalue weighted by Crippen LogP contribution is 2.30. The Kier molecular flexibility index (Phi) is 5.32. The second-order valence-electron chi connectivity index (χ2n) is 7.03. The van der Waals surface area contributed by atoms with Crippen LogP contribution in [0, 0.1) is 17.3 Å². The maximum atomic E-state index is 6.03. The minimum absolute atomic E-state index is 0.00139. The van der Waals surface area contributed by atoms with Crippen LogP contribution in [0.2, 0.25) is 0 Å². The highest BCUT2D eigenvalue weighted by molar-refractivity contribution is 4.77. The van der Waals surface area contributed by atoms with Crippen LogP contribution in [0.4, 0.5) is 0 Å². The highest BCUT2D eigenvalue weighted by Gasteiger charge is 2.26. The van der Waals surface area contributed by atoms with Crippen LogP contribution in [0.15, 0.2) is 0 Å². The molecule has 0 aromatic rings. The summed E-state index contributed by atoms with van der Waals surface area (Å²) in [6, 6.07) is 0. The van der Waals surface area contributed by atoms with E-state index in [0.717, 1.165) is 13.0 Å². The molecule has 0 bridgehead atoms. The van der Waals surface area contributed by atoms with Crippen LogP contribution >= 0.6 is 0 Å². The Labute approximate surface area is 96.6 Å². The van der Waals surface area contributed by atoms with Crippen molar-refractivity contribution >= 4 is 0 Å². The lowest BCUT2D eigenvalue weighted by Crippen LogP contribution is -2.32. The molecule has 0 saturated heterocycles. The van der Waals surface area contributed by atoms with Gasteiger partial charge in [-0.05, 0) is 37.5 Å². The topological polar surface area (TPSA) is 9.23 Å². The third-order valence-electron chi connectivity index (χ3n) is 2.83. The van der Waals surface area contributed by atoms with Gasteiger partial charge < -0.3 is 4.74 Å². The minimum atomic E-state index is 0.00139. The summed E-state index contributed by atoms with van der Waals surface area (Å²) in [5.41, 5.74) is 0.339. The van der Waals surface area contributed by atoms with Gasteiger partial charge in [0.05, 0.1) is 12.2 Å². The molecule has 0 heterocycles. The number of ether oxygens (including phenoxy) is 1. The van der Waals surface area contributed by atoms with E-state index < -0.39 is 0 Å². The molecule has 0 aliphatic rings.